The minimum Gasteiger partial charge on any atom is -0.508 e. The van der Waals surface area contributed by atoms with E-state index in [-0.39, 0.29) is 42.5 Å². The molecule has 5 nitrogen and oxygen atoms in total. The number of benzene rings is 3. The van der Waals surface area contributed by atoms with E-state index < -0.39 is 20.6 Å². The van der Waals surface area contributed by atoms with Crippen LogP contribution in [-0.4, -0.2) is 23.2 Å². The zero-order valence-electron chi connectivity index (χ0n) is 14.3. The van der Waals surface area contributed by atoms with Crippen molar-refractivity contribution in [1.29, 1.82) is 0 Å². The number of phenols is 2. The molecule has 152 valence electrons. The standard InChI is InChI=1S/C19H12Cl4O5S/c20-11-8-14(17(22)15(21)9-11)19(29(26,27)28,10-4-6-12(24)7-5-10)13-2-1-3-16(25)18(13)23/h1-9,24-25H,(H,26,27,28). The molecular weight excluding hydrogens is 482 g/mol. The average molecular weight is 494 g/mol. The molecule has 0 aliphatic carbocycles. The highest BCUT2D eigenvalue weighted by Gasteiger charge is 2.51. The number of rotatable bonds is 4. The van der Waals surface area contributed by atoms with E-state index in [0.29, 0.717) is 0 Å². The van der Waals surface area contributed by atoms with Crippen molar-refractivity contribution in [2.24, 2.45) is 0 Å². The predicted octanol–water partition coefficient (Wildman–Crippen LogP) is 5.89. The van der Waals surface area contributed by atoms with Crippen LogP contribution in [0, 0.1) is 0 Å². The van der Waals surface area contributed by atoms with Gasteiger partial charge in [-0.25, -0.2) is 0 Å². The fraction of sp³-hybridized carbons (Fsp3) is 0.0526. The first-order valence-electron chi connectivity index (χ1n) is 7.89. The highest BCUT2D eigenvalue weighted by atomic mass is 35.5. The molecule has 3 rings (SSSR count). The molecule has 0 saturated heterocycles. The van der Waals surface area contributed by atoms with Crippen LogP contribution in [0.3, 0.4) is 0 Å². The van der Waals surface area contributed by atoms with Crippen molar-refractivity contribution >= 4 is 56.5 Å². The van der Waals surface area contributed by atoms with Crippen LogP contribution in [0.15, 0.2) is 54.6 Å². The molecule has 0 spiro atoms. The lowest BCUT2D eigenvalue weighted by Crippen LogP contribution is -2.39. The van der Waals surface area contributed by atoms with Crippen LogP contribution in [0.5, 0.6) is 11.5 Å². The minimum absolute atomic E-state index is 0.0227. The molecule has 10 heteroatoms. The topological polar surface area (TPSA) is 94.8 Å². The van der Waals surface area contributed by atoms with Crippen LogP contribution < -0.4 is 0 Å². The van der Waals surface area contributed by atoms with Crippen molar-refractivity contribution in [2.45, 2.75) is 4.75 Å². The van der Waals surface area contributed by atoms with Gasteiger partial charge in [-0.1, -0.05) is 70.7 Å². The largest absolute Gasteiger partial charge is 0.508 e. The third kappa shape index (κ3) is 3.65. The van der Waals surface area contributed by atoms with Crippen molar-refractivity contribution in [2.75, 3.05) is 0 Å². The summed E-state index contributed by atoms with van der Waals surface area (Å²) in [7, 11) is -5.07. The molecule has 0 aliphatic rings. The van der Waals surface area contributed by atoms with E-state index >= 15 is 0 Å². The Morgan fingerprint density at radius 2 is 1.41 bits per heavy atom. The second-order valence-corrected chi connectivity index (χ2v) is 9.25. The zero-order valence-corrected chi connectivity index (χ0v) is 18.1. The quantitative estimate of drug-likeness (QED) is 0.239. The van der Waals surface area contributed by atoms with Crippen LogP contribution in [-0.2, 0) is 14.9 Å². The minimum atomic E-state index is -5.07. The smallest absolute Gasteiger partial charge is 0.283 e. The highest BCUT2D eigenvalue weighted by Crippen LogP contribution is 2.51. The van der Waals surface area contributed by atoms with E-state index in [0.717, 1.165) is 0 Å². The molecule has 0 aliphatic heterocycles. The Hall–Kier alpha value is -1.67. The van der Waals surface area contributed by atoms with Gasteiger partial charge in [-0.05, 0) is 35.9 Å². The van der Waals surface area contributed by atoms with Crippen LogP contribution in [0.1, 0.15) is 16.7 Å². The van der Waals surface area contributed by atoms with Crippen molar-refractivity contribution in [1.82, 2.24) is 0 Å². The molecule has 3 N–H and O–H groups in total. The fourth-order valence-corrected chi connectivity index (χ4v) is 5.63. The lowest BCUT2D eigenvalue weighted by atomic mass is 9.83. The Morgan fingerprint density at radius 3 is 2.00 bits per heavy atom. The lowest BCUT2D eigenvalue weighted by Gasteiger charge is -2.34. The third-order valence-corrected chi connectivity index (χ3v) is 7.26. The number of aromatic hydroxyl groups is 2. The van der Waals surface area contributed by atoms with Crippen LogP contribution in [0.4, 0.5) is 0 Å². The van der Waals surface area contributed by atoms with Crippen molar-refractivity contribution < 1.29 is 23.2 Å². The number of phenolic OH excluding ortho intramolecular Hbond substituents is 2. The first-order valence-corrected chi connectivity index (χ1v) is 10.8. The second-order valence-electron chi connectivity index (χ2n) is 6.09. The molecule has 0 heterocycles. The SMILES string of the molecule is O=S(=O)(O)C(c1ccc(O)cc1)(c1cccc(O)c1Cl)c1cc(Cl)cc(Cl)c1Cl. The van der Waals surface area contributed by atoms with Crippen molar-refractivity contribution in [3.63, 3.8) is 0 Å². The summed E-state index contributed by atoms with van der Waals surface area (Å²) < 4.78 is 34.1. The van der Waals surface area contributed by atoms with Crippen molar-refractivity contribution in [3.05, 3.63) is 91.4 Å². The van der Waals surface area contributed by atoms with Crippen molar-refractivity contribution in [3.8, 4) is 11.5 Å². The summed E-state index contributed by atoms with van der Waals surface area (Å²) >= 11 is 24.9. The predicted molar refractivity (Wildman–Crippen MR) is 114 cm³/mol. The molecule has 1 atom stereocenters. The van der Waals surface area contributed by atoms with Gasteiger partial charge in [-0.2, -0.15) is 8.42 Å². The van der Waals surface area contributed by atoms with E-state index in [4.69, 9.17) is 46.4 Å². The lowest BCUT2D eigenvalue weighted by molar-refractivity contribution is 0.455. The van der Waals surface area contributed by atoms with Gasteiger partial charge in [0.1, 0.15) is 11.5 Å². The van der Waals surface area contributed by atoms with Gasteiger partial charge in [-0.15, -0.1) is 0 Å². The summed E-state index contributed by atoms with van der Waals surface area (Å²) in [6.45, 7) is 0. The molecule has 29 heavy (non-hydrogen) atoms. The van der Waals surface area contributed by atoms with Gasteiger partial charge in [0, 0.05) is 16.1 Å². The molecule has 0 saturated carbocycles. The molecule has 3 aromatic carbocycles. The Morgan fingerprint density at radius 1 is 0.793 bits per heavy atom. The highest BCUT2D eigenvalue weighted by molar-refractivity contribution is 7.87. The van der Waals surface area contributed by atoms with E-state index in [1.165, 1.54) is 54.6 Å². The van der Waals surface area contributed by atoms with Gasteiger partial charge < -0.3 is 10.2 Å². The van der Waals surface area contributed by atoms with E-state index in [1.807, 2.05) is 0 Å². The van der Waals surface area contributed by atoms with Gasteiger partial charge in [0.2, 0.25) is 0 Å². The first kappa shape index (κ1) is 22.0. The Balaban J connectivity index is 2.63. The summed E-state index contributed by atoms with van der Waals surface area (Å²) in [5.41, 5.74) is -0.393. The zero-order chi connectivity index (χ0) is 21.6. The summed E-state index contributed by atoms with van der Waals surface area (Å²) in [6, 6.07) is 11.5. The summed E-state index contributed by atoms with van der Waals surface area (Å²) in [6.07, 6.45) is 0. The fourth-order valence-electron chi connectivity index (χ4n) is 3.18. The molecular formula is C19H12Cl4O5S. The molecule has 3 aromatic rings. The second kappa shape index (κ2) is 7.87. The molecule has 0 aromatic heterocycles. The Kier molecular flexibility index (Phi) is 5.98. The van der Waals surface area contributed by atoms with E-state index in [1.54, 1.807) is 0 Å². The molecule has 0 bridgehead atoms. The number of hydrogen-bond acceptors (Lipinski definition) is 4. The van der Waals surface area contributed by atoms with Gasteiger partial charge in [0.05, 0.1) is 15.1 Å². The normalized spacial score (nSPS) is 13.8. The monoisotopic (exact) mass is 492 g/mol. The number of hydrogen-bond donors (Lipinski definition) is 3. The maximum Gasteiger partial charge on any atom is 0.283 e. The summed E-state index contributed by atoms with van der Waals surface area (Å²) in [4.78, 5) is 0. The summed E-state index contributed by atoms with van der Waals surface area (Å²) in [5.74, 6) is -0.560. The molecule has 0 fully saturated rings. The van der Waals surface area contributed by atoms with Gasteiger partial charge in [0.25, 0.3) is 10.1 Å². The average Bonchev–Trinajstić information content (AvgIpc) is 2.63. The maximum atomic E-state index is 13.0. The summed E-state index contributed by atoms with van der Waals surface area (Å²) in [5, 5.41) is 19.2. The number of halogens is 4. The van der Waals surface area contributed by atoms with Gasteiger partial charge in [-0.3, -0.25) is 4.55 Å². The third-order valence-electron chi connectivity index (χ3n) is 4.39. The Bertz CT molecular complexity index is 1200. The molecule has 0 radical (unpaired) electrons. The van der Waals surface area contributed by atoms with Gasteiger partial charge in [0.15, 0.2) is 4.75 Å². The first-order chi connectivity index (χ1) is 13.5. The van der Waals surface area contributed by atoms with E-state index in [9.17, 15) is 23.2 Å². The van der Waals surface area contributed by atoms with E-state index in [2.05, 4.69) is 0 Å². The van der Waals surface area contributed by atoms with Gasteiger partial charge >= 0.3 is 0 Å². The Labute approximate surface area is 186 Å². The van der Waals surface area contributed by atoms with Crippen LogP contribution >= 0.6 is 46.4 Å². The molecule has 1 unspecified atom stereocenters. The molecule has 0 amide bonds. The van der Waals surface area contributed by atoms with Crippen LogP contribution in [0.2, 0.25) is 20.1 Å². The van der Waals surface area contributed by atoms with Crippen LogP contribution in [0.25, 0.3) is 0 Å². The maximum absolute atomic E-state index is 13.0.